The molecule has 13 heavy (non-hydrogen) atoms. The van der Waals surface area contributed by atoms with Crippen LogP contribution in [0.3, 0.4) is 0 Å². The summed E-state index contributed by atoms with van der Waals surface area (Å²) in [5, 5.41) is 4.14. The normalized spacial score (nSPS) is 10.2. The molecule has 0 aliphatic rings. The Morgan fingerprint density at radius 2 is 2.46 bits per heavy atom. The van der Waals surface area contributed by atoms with Crippen molar-refractivity contribution < 1.29 is 0 Å². The number of hydrogen-bond acceptors (Lipinski definition) is 3. The van der Waals surface area contributed by atoms with Gasteiger partial charge in [0.05, 0.1) is 5.39 Å². The lowest BCUT2D eigenvalue weighted by Crippen LogP contribution is -2.00. The van der Waals surface area contributed by atoms with Crippen molar-refractivity contribution in [2.75, 3.05) is 11.9 Å². The molecular weight excluding hydrogens is 164 g/mol. The molecule has 2 rings (SSSR count). The number of rotatable bonds is 3. The second-order valence-corrected chi connectivity index (χ2v) is 2.63. The number of aromatic amines is 1. The summed E-state index contributed by atoms with van der Waals surface area (Å²) >= 11 is 0. The van der Waals surface area contributed by atoms with E-state index in [1.807, 2.05) is 12.3 Å². The Labute approximate surface area is 75.7 Å². The molecule has 0 unspecified atom stereocenters. The molecule has 0 amide bonds. The summed E-state index contributed by atoms with van der Waals surface area (Å²) in [4.78, 5) is 11.2. The molecule has 0 aliphatic carbocycles. The Bertz CT molecular complexity index is 418. The molecule has 0 saturated carbocycles. The van der Waals surface area contributed by atoms with Crippen LogP contribution in [0.1, 0.15) is 0 Å². The van der Waals surface area contributed by atoms with E-state index in [4.69, 9.17) is 0 Å². The van der Waals surface area contributed by atoms with Crippen LogP contribution in [0.5, 0.6) is 0 Å². The molecule has 0 spiro atoms. The SMILES string of the molecule is C=CCNc1ncnc2[nH]ccc12. The summed E-state index contributed by atoms with van der Waals surface area (Å²) in [5.41, 5.74) is 0.849. The molecule has 2 aromatic heterocycles. The number of fused-ring (bicyclic) bond motifs is 1. The zero-order valence-corrected chi connectivity index (χ0v) is 7.12. The highest BCUT2D eigenvalue weighted by Crippen LogP contribution is 2.16. The van der Waals surface area contributed by atoms with Gasteiger partial charge in [-0.05, 0) is 6.07 Å². The molecule has 0 saturated heterocycles. The summed E-state index contributed by atoms with van der Waals surface area (Å²) < 4.78 is 0. The molecule has 4 heteroatoms. The Hall–Kier alpha value is -1.84. The molecule has 4 nitrogen and oxygen atoms in total. The van der Waals surface area contributed by atoms with Gasteiger partial charge in [0, 0.05) is 12.7 Å². The number of nitrogens with one attached hydrogen (secondary N) is 2. The van der Waals surface area contributed by atoms with E-state index in [0.717, 1.165) is 16.9 Å². The third-order valence-electron chi connectivity index (χ3n) is 1.77. The first-order valence-corrected chi connectivity index (χ1v) is 4.04. The summed E-state index contributed by atoms with van der Waals surface area (Å²) in [6.45, 7) is 4.34. The first-order chi connectivity index (χ1) is 6.42. The summed E-state index contributed by atoms with van der Waals surface area (Å²) in [6, 6.07) is 1.95. The van der Waals surface area contributed by atoms with Crippen LogP contribution in [0, 0.1) is 0 Å². The maximum atomic E-state index is 4.13. The number of nitrogens with zero attached hydrogens (tertiary/aromatic N) is 2. The summed E-state index contributed by atoms with van der Waals surface area (Å²) in [7, 11) is 0. The molecule has 0 radical (unpaired) electrons. The van der Waals surface area contributed by atoms with E-state index < -0.39 is 0 Å². The van der Waals surface area contributed by atoms with Crippen LogP contribution in [0.25, 0.3) is 11.0 Å². The predicted octanol–water partition coefficient (Wildman–Crippen LogP) is 1.56. The maximum Gasteiger partial charge on any atom is 0.142 e. The first kappa shape index (κ1) is 7.79. The van der Waals surface area contributed by atoms with Crippen molar-refractivity contribution in [3.8, 4) is 0 Å². The fourth-order valence-electron chi connectivity index (χ4n) is 1.18. The molecule has 2 heterocycles. The largest absolute Gasteiger partial charge is 0.366 e. The van der Waals surface area contributed by atoms with Crippen molar-refractivity contribution in [2.45, 2.75) is 0 Å². The fraction of sp³-hybridized carbons (Fsp3) is 0.111. The van der Waals surface area contributed by atoms with Crippen molar-refractivity contribution in [1.82, 2.24) is 15.0 Å². The van der Waals surface area contributed by atoms with Crippen LogP contribution in [-0.2, 0) is 0 Å². The van der Waals surface area contributed by atoms with Gasteiger partial charge in [0.2, 0.25) is 0 Å². The topological polar surface area (TPSA) is 53.6 Å². The lowest BCUT2D eigenvalue weighted by atomic mass is 10.4. The lowest BCUT2D eigenvalue weighted by molar-refractivity contribution is 1.17. The van der Waals surface area contributed by atoms with Gasteiger partial charge in [-0.2, -0.15) is 0 Å². The third kappa shape index (κ3) is 1.38. The average Bonchev–Trinajstić information content (AvgIpc) is 2.62. The van der Waals surface area contributed by atoms with Gasteiger partial charge < -0.3 is 10.3 Å². The van der Waals surface area contributed by atoms with Crippen LogP contribution < -0.4 is 5.32 Å². The van der Waals surface area contributed by atoms with E-state index in [1.165, 1.54) is 6.33 Å². The molecule has 66 valence electrons. The van der Waals surface area contributed by atoms with E-state index >= 15 is 0 Å². The highest BCUT2D eigenvalue weighted by Gasteiger charge is 2.01. The highest BCUT2D eigenvalue weighted by atomic mass is 15.0. The van der Waals surface area contributed by atoms with Gasteiger partial charge in [-0.3, -0.25) is 0 Å². The number of H-pyrrole nitrogens is 1. The number of anilines is 1. The molecule has 2 N–H and O–H groups in total. The van der Waals surface area contributed by atoms with Crippen LogP contribution in [0.4, 0.5) is 5.82 Å². The Kier molecular flexibility index (Phi) is 1.96. The summed E-state index contributed by atoms with van der Waals surface area (Å²) in [6.07, 6.45) is 5.17. The Morgan fingerprint density at radius 1 is 1.54 bits per heavy atom. The fourth-order valence-corrected chi connectivity index (χ4v) is 1.18. The van der Waals surface area contributed by atoms with Crippen molar-refractivity contribution in [3.63, 3.8) is 0 Å². The van der Waals surface area contributed by atoms with Gasteiger partial charge in [0.15, 0.2) is 0 Å². The standard InChI is InChI=1S/C9H10N4/c1-2-4-10-8-7-3-5-11-9(7)13-6-12-8/h2-3,5-6H,1,4H2,(H2,10,11,12,13). The second kappa shape index (κ2) is 3.26. The number of aromatic nitrogens is 3. The zero-order chi connectivity index (χ0) is 9.10. The van der Waals surface area contributed by atoms with Gasteiger partial charge in [-0.25, -0.2) is 9.97 Å². The molecular formula is C9H10N4. The monoisotopic (exact) mass is 174 g/mol. The van der Waals surface area contributed by atoms with Gasteiger partial charge in [0.1, 0.15) is 17.8 Å². The minimum Gasteiger partial charge on any atom is -0.366 e. The van der Waals surface area contributed by atoms with Crippen LogP contribution in [-0.4, -0.2) is 21.5 Å². The molecule has 0 bridgehead atoms. The van der Waals surface area contributed by atoms with Gasteiger partial charge in [0.25, 0.3) is 0 Å². The lowest BCUT2D eigenvalue weighted by Gasteiger charge is -2.01. The van der Waals surface area contributed by atoms with Crippen molar-refractivity contribution in [3.05, 3.63) is 31.2 Å². The minimum atomic E-state index is 0.706. The van der Waals surface area contributed by atoms with Crippen LogP contribution in [0.2, 0.25) is 0 Å². The second-order valence-electron chi connectivity index (χ2n) is 2.63. The van der Waals surface area contributed by atoms with Crippen molar-refractivity contribution in [2.24, 2.45) is 0 Å². The molecule has 0 atom stereocenters. The minimum absolute atomic E-state index is 0.706. The Morgan fingerprint density at radius 3 is 3.31 bits per heavy atom. The smallest absolute Gasteiger partial charge is 0.142 e. The zero-order valence-electron chi connectivity index (χ0n) is 7.12. The Balaban J connectivity index is 2.42. The van der Waals surface area contributed by atoms with E-state index in [-0.39, 0.29) is 0 Å². The summed E-state index contributed by atoms with van der Waals surface area (Å²) in [5.74, 6) is 0.839. The van der Waals surface area contributed by atoms with Gasteiger partial charge >= 0.3 is 0 Å². The van der Waals surface area contributed by atoms with Crippen molar-refractivity contribution >= 4 is 16.9 Å². The average molecular weight is 174 g/mol. The molecule has 0 aliphatic heterocycles. The molecule has 2 aromatic rings. The maximum absolute atomic E-state index is 4.13. The van der Waals surface area contributed by atoms with E-state index in [2.05, 4.69) is 26.8 Å². The quantitative estimate of drug-likeness (QED) is 0.694. The van der Waals surface area contributed by atoms with Crippen LogP contribution >= 0.6 is 0 Å². The molecule has 0 aromatic carbocycles. The number of hydrogen-bond donors (Lipinski definition) is 2. The van der Waals surface area contributed by atoms with Gasteiger partial charge in [-0.1, -0.05) is 6.08 Å². The predicted molar refractivity (Wildman–Crippen MR) is 52.6 cm³/mol. The third-order valence-corrected chi connectivity index (χ3v) is 1.77. The van der Waals surface area contributed by atoms with Crippen molar-refractivity contribution in [1.29, 1.82) is 0 Å². The molecule has 0 fully saturated rings. The highest BCUT2D eigenvalue weighted by molar-refractivity contribution is 5.86. The van der Waals surface area contributed by atoms with Gasteiger partial charge in [-0.15, -0.1) is 6.58 Å². The van der Waals surface area contributed by atoms with Crippen LogP contribution in [0.15, 0.2) is 31.2 Å². The van der Waals surface area contributed by atoms with E-state index in [9.17, 15) is 0 Å². The first-order valence-electron chi connectivity index (χ1n) is 4.04. The van der Waals surface area contributed by atoms with E-state index in [1.54, 1.807) is 6.08 Å². The van der Waals surface area contributed by atoms with E-state index in [0.29, 0.717) is 6.54 Å².